The fraction of sp³-hybridized carbons (Fsp3) is 0. The fourth-order valence-electron chi connectivity index (χ4n) is 7.34. The van der Waals surface area contributed by atoms with Crippen LogP contribution in [0.5, 0.6) is 0 Å². The standard InChI is InChI=1S/C43H27N5/c1-4-16-28(17-5-1)41-44-42(29-18-6-2-7-19-29)46-43(45-41)48-36-27-15-13-25-34(36)38-32-23-11-10-22-31(32)37-33-24-12-14-26-35(33)47(39(37)40(38)48)30-20-8-3-9-21-30/h1-27H. The Morgan fingerprint density at radius 3 is 1.25 bits per heavy atom. The van der Waals surface area contributed by atoms with Crippen molar-refractivity contribution in [3.63, 3.8) is 0 Å². The van der Waals surface area contributed by atoms with Crippen LogP contribution >= 0.6 is 0 Å². The first-order chi connectivity index (χ1) is 23.8. The predicted octanol–water partition coefficient (Wildman–Crippen LogP) is 10.6. The Kier molecular flexibility index (Phi) is 5.81. The summed E-state index contributed by atoms with van der Waals surface area (Å²) in [5.41, 5.74) is 7.35. The molecule has 10 rings (SSSR count). The summed E-state index contributed by atoms with van der Waals surface area (Å²) in [6, 6.07) is 57.1. The van der Waals surface area contributed by atoms with Gasteiger partial charge in [0.05, 0.1) is 22.1 Å². The molecular weight excluding hydrogens is 587 g/mol. The number of nitrogens with zero attached hydrogens (tertiary/aromatic N) is 5. The zero-order chi connectivity index (χ0) is 31.6. The number of rotatable bonds is 4. The van der Waals surface area contributed by atoms with Crippen molar-refractivity contribution in [1.82, 2.24) is 24.1 Å². The first-order valence-electron chi connectivity index (χ1n) is 16.1. The van der Waals surface area contributed by atoms with Crippen molar-refractivity contribution in [3.05, 3.63) is 164 Å². The maximum atomic E-state index is 5.25. The van der Waals surface area contributed by atoms with E-state index in [0.29, 0.717) is 17.6 Å². The van der Waals surface area contributed by atoms with E-state index in [1.165, 1.54) is 26.9 Å². The summed E-state index contributed by atoms with van der Waals surface area (Å²) in [5, 5.41) is 7.17. The minimum absolute atomic E-state index is 0.579. The smallest absolute Gasteiger partial charge is 0.238 e. The van der Waals surface area contributed by atoms with E-state index in [0.717, 1.165) is 44.3 Å². The molecule has 0 aliphatic carbocycles. The highest BCUT2D eigenvalue weighted by atomic mass is 15.2. The maximum Gasteiger partial charge on any atom is 0.238 e. The zero-order valence-corrected chi connectivity index (χ0v) is 25.8. The molecule has 0 N–H and O–H groups in total. The lowest BCUT2D eigenvalue weighted by Gasteiger charge is -2.14. The largest absolute Gasteiger partial charge is 0.307 e. The highest BCUT2D eigenvalue weighted by Gasteiger charge is 2.26. The van der Waals surface area contributed by atoms with Gasteiger partial charge in [-0.05, 0) is 35.0 Å². The number of fused-ring (bicyclic) bond motifs is 10. The van der Waals surface area contributed by atoms with Crippen LogP contribution in [0.1, 0.15) is 0 Å². The lowest BCUT2D eigenvalue weighted by atomic mass is 9.98. The van der Waals surface area contributed by atoms with Crippen molar-refractivity contribution in [2.45, 2.75) is 0 Å². The number of para-hydroxylation sites is 3. The van der Waals surface area contributed by atoms with Gasteiger partial charge in [-0.25, -0.2) is 4.98 Å². The van der Waals surface area contributed by atoms with Gasteiger partial charge < -0.3 is 4.57 Å². The van der Waals surface area contributed by atoms with E-state index in [4.69, 9.17) is 15.0 Å². The molecule has 0 radical (unpaired) electrons. The SMILES string of the molecule is c1ccc(-c2nc(-c3ccccc3)nc(-n3c4ccccc4c4c5ccccc5c5c6ccccc6n(-c6ccccc6)c5c43)n2)cc1. The molecule has 0 aliphatic heterocycles. The van der Waals surface area contributed by atoms with Gasteiger partial charge in [0.1, 0.15) is 0 Å². The molecule has 0 atom stereocenters. The Morgan fingerprint density at radius 2 is 0.729 bits per heavy atom. The van der Waals surface area contributed by atoms with Crippen molar-refractivity contribution in [1.29, 1.82) is 0 Å². The van der Waals surface area contributed by atoms with Crippen LogP contribution in [-0.4, -0.2) is 24.1 Å². The van der Waals surface area contributed by atoms with Gasteiger partial charge in [-0.3, -0.25) is 4.57 Å². The second kappa shape index (κ2) is 10.5. The molecule has 0 spiro atoms. The van der Waals surface area contributed by atoms with Crippen LogP contribution in [0, 0.1) is 0 Å². The van der Waals surface area contributed by atoms with Crippen LogP contribution in [0.2, 0.25) is 0 Å². The molecule has 0 saturated heterocycles. The monoisotopic (exact) mass is 613 g/mol. The Hall–Kier alpha value is -6.59. The highest BCUT2D eigenvalue weighted by molar-refractivity contribution is 6.36. The molecule has 0 saturated carbocycles. The number of hydrogen-bond donors (Lipinski definition) is 0. The average molecular weight is 614 g/mol. The van der Waals surface area contributed by atoms with Crippen LogP contribution < -0.4 is 0 Å². The summed E-state index contributed by atoms with van der Waals surface area (Å²) in [4.78, 5) is 15.5. The number of aromatic nitrogens is 5. The minimum atomic E-state index is 0.579. The van der Waals surface area contributed by atoms with Gasteiger partial charge >= 0.3 is 0 Å². The third kappa shape index (κ3) is 3.88. The van der Waals surface area contributed by atoms with Crippen LogP contribution in [0.25, 0.3) is 88.8 Å². The molecule has 0 amide bonds. The quantitative estimate of drug-likeness (QED) is 0.198. The Balaban J connectivity index is 1.47. The van der Waals surface area contributed by atoms with E-state index in [1.54, 1.807) is 0 Å². The van der Waals surface area contributed by atoms with Crippen molar-refractivity contribution < 1.29 is 0 Å². The number of hydrogen-bond acceptors (Lipinski definition) is 3. The van der Waals surface area contributed by atoms with Gasteiger partial charge in [0.25, 0.3) is 0 Å². The lowest BCUT2D eigenvalue weighted by Crippen LogP contribution is -2.07. The molecule has 224 valence electrons. The van der Waals surface area contributed by atoms with E-state index in [1.807, 2.05) is 36.4 Å². The Morgan fingerprint density at radius 1 is 0.333 bits per heavy atom. The van der Waals surface area contributed by atoms with E-state index in [-0.39, 0.29) is 0 Å². The van der Waals surface area contributed by atoms with Gasteiger partial charge in [-0.1, -0.05) is 140 Å². The van der Waals surface area contributed by atoms with Gasteiger partial charge in [-0.15, -0.1) is 0 Å². The summed E-state index contributed by atoms with van der Waals surface area (Å²) in [6.45, 7) is 0. The van der Waals surface area contributed by atoms with Gasteiger partial charge in [0.2, 0.25) is 5.95 Å². The fourth-order valence-corrected chi connectivity index (χ4v) is 7.34. The van der Waals surface area contributed by atoms with Crippen molar-refractivity contribution in [2.75, 3.05) is 0 Å². The second-order valence-corrected chi connectivity index (χ2v) is 12.0. The lowest BCUT2D eigenvalue weighted by molar-refractivity contribution is 0.953. The third-order valence-corrected chi connectivity index (χ3v) is 9.34. The van der Waals surface area contributed by atoms with E-state index in [9.17, 15) is 0 Å². The normalized spacial score (nSPS) is 11.8. The summed E-state index contributed by atoms with van der Waals surface area (Å²) >= 11 is 0. The maximum absolute atomic E-state index is 5.25. The predicted molar refractivity (Wildman–Crippen MR) is 197 cm³/mol. The van der Waals surface area contributed by atoms with E-state index in [2.05, 4.69) is 137 Å². The van der Waals surface area contributed by atoms with Crippen molar-refractivity contribution in [3.8, 4) is 34.4 Å². The molecule has 3 heterocycles. The summed E-state index contributed by atoms with van der Waals surface area (Å²) < 4.78 is 4.67. The molecule has 0 unspecified atom stereocenters. The summed E-state index contributed by atoms with van der Waals surface area (Å²) in [7, 11) is 0. The zero-order valence-electron chi connectivity index (χ0n) is 25.8. The minimum Gasteiger partial charge on any atom is -0.307 e. The molecule has 3 aromatic heterocycles. The topological polar surface area (TPSA) is 48.5 Å². The molecule has 5 nitrogen and oxygen atoms in total. The van der Waals surface area contributed by atoms with E-state index >= 15 is 0 Å². The molecule has 0 bridgehead atoms. The summed E-state index contributed by atoms with van der Waals surface area (Å²) in [5.74, 6) is 1.84. The molecule has 5 heteroatoms. The molecule has 0 fully saturated rings. The van der Waals surface area contributed by atoms with Crippen molar-refractivity contribution >= 4 is 54.4 Å². The number of benzene rings is 7. The van der Waals surface area contributed by atoms with Crippen molar-refractivity contribution in [2.24, 2.45) is 0 Å². The van der Waals surface area contributed by atoms with E-state index < -0.39 is 0 Å². The molecule has 0 aliphatic rings. The van der Waals surface area contributed by atoms with Crippen LogP contribution in [-0.2, 0) is 0 Å². The first-order valence-corrected chi connectivity index (χ1v) is 16.1. The Bertz CT molecular complexity index is 2760. The molecule has 7 aromatic carbocycles. The van der Waals surface area contributed by atoms with Gasteiger partial charge in [-0.2, -0.15) is 9.97 Å². The second-order valence-electron chi connectivity index (χ2n) is 12.0. The van der Waals surface area contributed by atoms with Crippen LogP contribution in [0.4, 0.5) is 0 Å². The Labute approximate surface area is 276 Å². The van der Waals surface area contributed by atoms with Gasteiger partial charge in [0, 0.05) is 38.4 Å². The molecular formula is C43H27N5. The van der Waals surface area contributed by atoms with Crippen LogP contribution in [0.3, 0.4) is 0 Å². The summed E-state index contributed by atoms with van der Waals surface area (Å²) in [6.07, 6.45) is 0. The van der Waals surface area contributed by atoms with Crippen LogP contribution in [0.15, 0.2) is 164 Å². The first kappa shape index (κ1) is 26.6. The highest BCUT2D eigenvalue weighted by Crippen LogP contribution is 2.46. The average Bonchev–Trinajstić information content (AvgIpc) is 3.70. The van der Waals surface area contributed by atoms with Gasteiger partial charge in [0.15, 0.2) is 11.6 Å². The third-order valence-electron chi connectivity index (χ3n) is 9.34. The molecule has 10 aromatic rings. The molecule has 48 heavy (non-hydrogen) atoms.